The van der Waals surface area contributed by atoms with E-state index >= 15 is 0 Å². The first-order valence-corrected chi connectivity index (χ1v) is 15.5. The largest absolute Gasteiger partial charge is 0.353 e. The standard InChI is InChI=1S/C38H48F2N2O2/c1-26-33(37(2,3)4)24-29(25-34(26)38(5,6)7)36(44)42-23-11-10-22-41-35(43)13-9-8-12-32(27-14-18-30(39)19-15-27)28-16-20-31(40)21-17-28/h10-11,14-21,24-25,32H,8-9,12-13,22-23H2,1-7H3,(H,41,43)(H,42,44)/b11-10-. The molecule has 6 heteroatoms. The van der Waals surface area contributed by atoms with Gasteiger partial charge in [-0.15, -0.1) is 0 Å². The normalized spacial score (nSPS) is 12.1. The first-order chi connectivity index (χ1) is 20.7. The Labute approximate surface area is 262 Å². The first kappa shape index (κ1) is 34.7. The summed E-state index contributed by atoms with van der Waals surface area (Å²) in [6.07, 6.45) is 6.34. The molecule has 0 radical (unpaired) electrons. The van der Waals surface area contributed by atoms with Crippen LogP contribution in [0.4, 0.5) is 8.78 Å². The Balaban J connectivity index is 1.44. The minimum atomic E-state index is -0.296. The van der Waals surface area contributed by atoms with Crippen molar-refractivity contribution >= 4 is 11.8 Å². The zero-order valence-electron chi connectivity index (χ0n) is 27.3. The first-order valence-electron chi connectivity index (χ1n) is 15.5. The van der Waals surface area contributed by atoms with Gasteiger partial charge in [0.05, 0.1) is 0 Å². The van der Waals surface area contributed by atoms with Gasteiger partial charge < -0.3 is 10.6 Å². The third-order valence-electron chi connectivity index (χ3n) is 7.94. The molecule has 0 aliphatic heterocycles. The third kappa shape index (κ3) is 10.1. The van der Waals surface area contributed by atoms with Gasteiger partial charge in [-0.1, -0.05) is 84.4 Å². The molecule has 3 rings (SSSR count). The van der Waals surface area contributed by atoms with Gasteiger partial charge in [0.25, 0.3) is 5.91 Å². The number of unbranched alkanes of at least 4 members (excludes halogenated alkanes) is 1. The van der Waals surface area contributed by atoms with Gasteiger partial charge in [-0.25, -0.2) is 8.78 Å². The maximum Gasteiger partial charge on any atom is 0.251 e. The van der Waals surface area contributed by atoms with Crippen LogP contribution in [0, 0.1) is 18.6 Å². The number of carbonyl (C=O) groups excluding carboxylic acids is 2. The average molecular weight is 603 g/mol. The molecule has 3 aromatic carbocycles. The summed E-state index contributed by atoms with van der Waals surface area (Å²) in [7, 11) is 0. The predicted molar refractivity (Wildman–Crippen MR) is 176 cm³/mol. The van der Waals surface area contributed by atoms with Crippen LogP contribution in [0.5, 0.6) is 0 Å². The number of rotatable bonds is 12. The van der Waals surface area contributed by atoms with E-state index in [1.165, 1.54) is 41.0 Å². The van der Waals surface area contributed by atoms with E-state index < -0.39 is 0 Å². The zero-order valence-corrected chi connectivity index (χ0v) is 27.3. The number of halogens is 2. The second kappa shape index (κ2) is 15.3. The van der Waals surface area contributed by atoms with E-state index in [0.29, 0.717) is 31.5 Å². The SMILES string of the molecule is Cc1c(C(C)(C)C)cc(C(=O)NC/C=C\CNC(=O)CCCCC(c2ccc(F)cc2)c2ccc(F)cc2)cc1C(C)(C)C. The van der Waals surface area contributed by atoms with Gasteiger partial charge in [-0.2, -0.15) is 0 Å². The summed E-state index contributed by atoms with van der Waals surface area (Å²) in [5.74, 6) is -0.750. The smallest absolute Gasteiger partial charge is 0.251 e. The Bertz CT molecular complexity index is 1350. The van der Waals surface area contributed by atoms with Gasteiger partial charge in [0.1, 0.15) is 11.6 Å². The Hall–Kier alpha value is -3.80. The highest BCUT2D eigenvalue weighted by molar-refractivity contribution is 5.95. The molecule has 0 aromatic heterocycles. The Morgan fingerprint density at radius 3 is 1.64 bits per heavy atom. The van der Waals surface area contributed by atoms with Gasteiger partial charge in [0, 0.05) is 31.0 Å². The molecule has 44 heavy (non-hydrogen) atoms. The topological polar surface area (TPSA) is 58.2 Å². The van der Waals surface area contributed by atoms with Gasteiger partial charge in [0.2, 0.25) is 5.91 Å². The monoisotopic (exact) mass is 602 g/mol. The Kier molecular flexibility index (Phi) is 12.0. The van der Waals surface area contributed by atoms with Crippen molar-refractivity contribution in [3.63, 3.8) is 0 Å². The van der Waals surface area contributed by atoms with E-state index in [-0.39, 0.29) is 40.2 Å². The van der Waals surface area contributed by atoms with Crippen LogP contribution in [0.2, 0.25) is 0 Å². The van der Waals surface area contributed by atoms with Crippen LogP contribution in [0.3, 0.4) is 0 Å². The van der Waals surface area contributed by atoms with Crippen LogP contribution in [0.1, 0.15) is 111 Å². The van der Waals surface area contributed by atoms with Crippen molar-refractivity contribution in [2.24, 2.45) is 0 Å². The quantitative estimate of drug-likeness (QED) is 0.161. The summed E-state index contributed by atoms with van der Waals surface area (Å²) >= 11 is 0. The van der Waals surface area contributed by atoms with Crippen molar-refractivity contribution in [3.05, 3.63) is 118 Å². The second-order valence-corrected chi connectivity index (χ2v) is 13.6. The van der Waals surface area contributed by atoms with Crippen LogP contribution >= 0.6 is 0 Å². The lowest BCUT2D eigenvalue weighted by Crippen LogP contribution is -2.27. The van der Waals surface area contributed by atoms with E-state index in [2.05, 4.69) is 59.1 Å². The fraction of sp³-hybridized carbons (Fsp3) is 0.421. The summed E-state index contributed by atoms with van der Waals surface area (Å²) in [5.41, 5.74) is 6.02. The summed E-state index contributed by atoms with van der Waals surface area (Å²) in [5, 5.41) is 5.87. The van der Waals surface area contributed by atoms with Gasteiger partial charge in [-0.3, -0.25) is 9.59 Å². The number of amides is 2. The maximum absolute atomic E-state index is 13.5. The highest BCUT2D eigenvalue weighted by Gasteiger charge is 2.25. The molecule has 3 aromatic rings. The molecular weight excluding hydrogens is 554 g/mol. The van der Waals surface area contributed by atoms with Crippen LogP contribution in [0.25, 0.3) is 0 Å². The fourth-order valence-electron chi connectivity index (χ4n) is 5.63. The summed E-state index contributed by atoms with van der Waals surface area (Å²) < 4.78 is 26.9. The summed E-state index contributed by atoms with van der Waals surface area (Å²) in [4.78, 5) is 25.4. The summed E-state index contributed by atoms with van der Waals surface area (Å²) in [6.45, 7) is 15.9. The molecule has 236 valence electrons. The van der Waals surface area contributed by atoms with Crippen LogP contribution < -0.4 is 10.6 Å². The van der Waals surface area contributed by atoms with Crippen molar-refractivity contribution < 1.29 is 18.4 Å². The minimum absolute atomic E-state index is 0.00239. The molecule has 2 N–H and O–H groups in total. The van der Waals surface area contributed by atoms with Gasteiger partial charge in [-0.05, 0) is 94.8 Å². The van der Waals surface area contributed by atoms with Crippen molar-refractivity contribution in [3.8, 4) is 0 Å². The van der Waals surface area contributed by atoms with E-state index in [9.17, 15) is 18.4 Å². The average Bonchev–Trinajstić information content (AvgIpc) is 2.95. The molecule has 0 aliphatic rings. The molecule has 0 spiro atoms. The Morgan fingerprint density at radius 2 is 1.18 bits per heavy atom. The number of hydrogen-bond donors (Lipinski definition) is 2. The lowest BCUT2D eigenvalue weighted by atomic mass is 9.75. The van der Waals surface area contributed by atoms with E-state index in [4.69, 9.17) is 0 Å². The van der Waals surface area contributed by atoms with Crippen LogP contribution in [-0.4, -0.2) is 24.9 Å². The van der Waals surface area contributed by atoms with Gasteiger partial charge in [0.15, 0.2) is 0 Å². The summed E-state index contributed by atoms with van der Waals surface area (Å²) in [6, 6.07) is 16.8. The van der Waals surface area contributed by atoms with Crippen LogP contribution in [0.15, 0.2) is 72.8 Å². The molecule has 0 saturated carbocycles. The van der Waals surface area contributed by atoms with Crippen molar-refractivity contribution in [2.45, 2.75) is 90.9 Å². The van der Waals surface area contributed by atoms with E-state index in [1.807, 2.05) is 24.3 Å². The molecule has 0 unspecified atom stereocenters. The van der Waals surface area contributed by atoms with Gasteiger partial charge >= 0.3 is 0 Å². The molecule has 0 saturated heterocycles. The van der Waals surface area contributed by atoms with Crippen LogP contribution in [-0.2, 0) is 15.6 Å². The molecular formula is C38H48F2N2O2. The Morgan fingerprint density at radius 1 is 0.727 bits per heavy atom. The molecule has 0 aliphatic carbocycles. The molecule has 4 nitrogen and oxygen atoms in total. The van der Waals surface area contributed by atoms with Crippen molar-refractivity contribution in [1.82, 2.24) is 10.6 Å². The minimum Gasteiger partial charge on any atom is -0.353 e. The molecule has 0 heterocycles. The highest BCUT2D eigenvalue weighted by Crippen LogP contribution is 2.35. The number of hydrogen-bond acceptors (Lipinski definition) is 2. The number of nitrogens with one attached hydrogen (secondary N) is 2. The molecule has 0 fully saturated rings. The third-order valence-corrected chi connectivity index (χ3v) is 7.94. The number of carbonyl (C=O) groups is 2. The zero-order chi connectivity index (χ0) is 32.5. The molecule has 0 bridgehead atoms. The molecule has 0 atom stereocenters. The predicted octanol–water partition coefficient (Wildman–Crippen LogP) is 8.66. The maximum atomic E-state index is 13.5. The number of benzene rings is 3. The van der Waals surface area contributed by atoms with Crippen molar-refractivity contribution in [1.29, 1.82) is 0 Å². The lowest BCUT2D eigenvalue weighted by molar-refractivity contribution is -0.121. The van der Waals surface area contributed by atoms with Crippen molar-refractivity contribution in [2.75, 3.05) is 13.1 Å². The fourth-order valence-corrected chi connectivity index (χ4v) is 5.63. The molecule has 2 amide bonds. The lowest BCUT2D eigenvalue weighted by Gasteiger charge is -2.29. The second-order valence-electron chi connectivity index (χ2n) is 13.6. The highest BCUT2D eigenvalue weighted by atomic mass is 19.1. The van der Waals surface area contributed by atoms with E-state index in [1.54, 1.807) is 24.3 Å². The van der Waals surface area contributed by atoms with E-state index in [0.717, 1.165) is 24.0 Å².